The van der Waals surface area contributed by atoms with Crippen LogP contribution in [0, 0.1) is 0 Å². The number of nitrogen functional groups attached to an aromatic ring is 1. The van der Waals surface area contributed by atoms with Gasteiger partial charge < -0.3 is 5.73 Å². The lowest BCUT2D eigenvalue weighted by Gasteiger charge is -1.91. The van der Waals surface area contributed by atoms with Crippen LogP contribution in [0.15, 0.2) is 10.9 Å². The third-order valence-electron chi connectivity index (χ3n) is 0.872. The van der Waals surface area contributed by atoms with Gasteiger partial charge in [-0.2, -0.15) is 4.98 Å². The molecule has 0 atom stereocenters. The number of hydrogen-bond donors (Lipinski definition) is 1. The summed E-state index contributed by atoms with van der Waals surface area (Å²) in [5.41, 5.74) is 4.96. The van der Waals surface area contributed by atoms with Gasteiger partial charge in [-0.25, -0.2) is 0 Å². The van der Waals surface area contributed by atoms with E-state index in [1.165, 1.54) is 17.4 Å². The van der Waals surface area contributed by atoms with Gasteiger partial charge in [0.05, 0.1) is 5.88 Å². The van der Waals surface area contributed by atoms with Crippen LogP contribution in [0.3, 0.4) is 0 Å². The van der Waals surface area contributed by atoms with Crippen LogP contribution >= 0.6 is 22.9 Å². The fourth-order valence-electron chi connectivity index (χ4n) is 0.531. The van der Waals surface area contributed by atoms with E-state index >= 15 is 0 Å². The van der Waals surface area contributed by atoms with Crippen LogP contribution in [0.1, 0.15) is 4.88 Å². The summed E-state index contributed by atoms with van der Waals surface area (Å²) in [6.07, 6.45) is 0. The number of rotatable bonds is 1. The van der Waals surface area contributed by atoms with E-state index in [-0.39, 0.29) is 10.7 Å². The van der Waals surface area contributed by atoms with Crippen molar-refractivity contribution in [3.63, 3.8) is 0 Å². The zero-order valence-corrected chi connectivity index (χ0v) is 6.58. The minimum Gasteiger partial charge on any atom is -0.375 e. The van der Waals surface area contributed by atoms with Gasteiger partial charge in [0.1, 0.15) is 0 Å². The second-order valence-corrected chi connectivity index (χ2v) is 3.05. The molecule has 0 unspecified atom stereocenters. The normalized spacial score (nSPS) is 9.70. The highest BCUT2D eigenvalue weighted by Gasteiger charge is 1.95. The summed E-state index contributed by atoms with van der Waals surface area (Å²) in [5.74, 6) is 0.312. The molecule has 0 spiro atoms. The number of anilines is 1. The Balaban J connectivity index is 3.19. The molecule has 0 aliphatic rings. The Hall–Kier alpha value is -0.610. The van der Waals surface area contributed by atoms with Crippen LogP contribution in [0.5, 0.6) is 0 Å². The molecule has 1 heterocycles. The summed E-state index contributed by atoms with van der Waals surface area (Å²) in [6, 6.07) is 1.38. The van der Waals surface area contributed by atoms with Crippen molar-refractivity contribution < 1.29 is 0 Å². The molecule has 0 saturated carbocycles. The quantitative estimate of drug-likeness (QED) is 0.645. The molecule has 1 rings (SSSR count). The van der Waals surface area contributed by atoms with Crippen molar-refractivity contribution in [2.24, 2.45) is 0 Å². The first-order valence-electron chi connectivity index (χ1n) is 2.55. The molecule has 0 bridgehead atoms. The SMILES string of the molecule is Nc1nc(=O)cc(CCl)s1. The number of hydrogen-bond acceptors (Lipinski definition) is 4. The standard InChI is InChI=1S/C5H5ClN2OS/c6-2-3-1-4(9)8-5(7)10-3/h1H,2H2,(H2,7,8,9). The molecule has 0 radical (unpaired) electrons. The topological polar surface area (TPSA) is 56.0 Å². The molecule has 54 valence electrons. The molecule has 0 fully saturated rings. The zero-order chi connectivity index (χ0) is 7.56. The summed E-state index contributed by atoms with van der Waals surface area (Å²) in [4.78, 5) is 14.8. The molecule has 5 heteroatoms. The Kier molecular flexibility index (Phi) is 2.24. The van der Waals surface area contributed by atoms with E-state index in [1.54, 1.807) is 0 Å². The van der Waals surface area contributed by atoms with Gasteiger partial charge in [-0.3, -0.25) is 4.79 Å². The van der Waals surface area contributed by atoms with Crippen LogP contribution < -0.4 is 11.3 Å². The average Bonchev–Trinajstić information content (AvgIpc) is 1.85. The van der Waals surface area contributed by atoms with Gasteiger partial charge in [0.25, 0.3) is 5.56 Å². The maximum atomic E-state index is 10.6. The lowest BCUT2D eigenvalue weighted by Crippen LogP contribution is -2.06. The number of halogens is 1. The summed E-state index contributed by atoms with van der Waals surface area (Å²) < 4.78 is 0. The van der Waals surface area contributed by atoms with E-state index in [1.807, 2.05) is 0 Å². The highest BCUT2D eigenvalue weighted by molar-refractivity contribution is 7.15. The van der Waals surface area contributed by atoms with Crippen LogP contribution in [0.4, 0.5) is 5.13 Å². The number of nitrogens with two attached hydrogens (primary N) is 1. The number of alkyl halides is 1. The van der Waals surface area contributed by atoms with Gasteiger partial charge in [0.15, 0.2) is 5.13 Å². The first-order valence-corrected chi connectivity index (χ1v) is 3.90. The zero-order valence-electron chi connectivity index (χ0n) is 5.00. The average molecular weight is 177 g/mol. The van der Waals surface area contributed by atoms with E-state index in [0.29, 0.717) is 5.88 Å². The van der Waals surface area contributed by atoms with Gasteiger partial charge in [-0.05, 0) is 0 Å². The van der Waals surface area contributed by atoms with E-state index in [9.17, 15) is 4.79 Å². The second-order valence-electron chi connectivity index (χ2n) is 1.63. The molecule has 1 aromatic rings. The van der Waals surface area contributed by atoms with Crippen LogP contribution in [-0.4, -0.2) is 4.98 Å². The van der Waals surface area contributed by atoms with Crippen molar-refractivity contribution in [2.75, 3.05) is 5.73 Å². The maximum Gasteiger partial charge on any atom is 0.273 e. The lowest BCUT2D eigenvalue weighted by molar-refractivity contribution is 1.27. The molecule has 1 aromatic heterocycles. The van der Waals surface area contributed by atoms with Crippen molar-refractivity contribution in [2.45, 2.75) is 5.88 Å². The predicted octanol–water partition coefficient (Wildman–Crippen LogP) is 0.824. The van der Waals surface area contributed by atoms with Crippen molar-refractivity contribution in [1.29, 1.82) is 0 Å². The molecular formula is C5H5ClN2OS. The van der Waals surface area contributed by atoms with E-state index in [0.717, 1.165) is 4.88 Å². The van der Waals surface area contributed by atoms with E-state index in [4.69, 9.17) is 17.3 Å². The Labute approximate surface area is 66.5 Å². The Morgan fingerprint density at radius 1 is 1.80 bits per heavy atom. The van der Waals surface area contributed by atoms with Crippen molar-refractivity contribution in [1.82, 2.24) is 4.98 Å². The maximum absolute atomic E-state index is 10.6. The molecule has 0 aromatic carbocycles. The molecule has 10 heavy (non-hydrogen) atoms. The molecule has 2 N–H and O–H groups in total. The largest absolute Gasteiger partial charge is 0.375 e. The first-order chi connectivity index (χ1) is 4.72. The van der Waals surface area contributed by atoms with E-state index < -0.39 is 0 Å². The van der Waals surface area contributed by atoms with Crippen LogP contribution in [0.25, 0.3) is 0 Å². The van der Waals surface area contributed by atoms with Crippen LogP contribution in [0.2, 0.25) is 0 Å². The van der Waals surface area contributed by atoms with Gasteiger partial charge in [0.2, 0.25) is 0 Å². The molecule has 0 aliphatic heterocycles. The molecule has 0 saturated heterocycles. The lowest BCUT2D eigenvalue weighted by atomic mass is 10.5. The van der Waals surface area contributed by atoms with Gasteiger partial charge >= 0.3 is 0 Å². The van der Waals surface area contributed by atoms with Crippen LogP contribution in [-0.2, 0) is 5.88 Å². The third kappa shape index (κ3) is 1.68. The Bertz CT molecular complexity index is 285. The van der Waals surface area contributed by atoms with Crippen molar-refractivity contribution >= 4 is 28.1 Å². The fraction of sp³-hybridized carbons (Fsp3) is 0.200. The van der Waals surface area contributed by atoms with Gasteiger partial charge in [-0.1, -0.05) is 0 Å². The monoisotopic (exact) mass is 176 g/mol. The highest BCUT2D eigenvalue weighted by Crippen LogP contribution is 2.11. The predicted molar refractivity (Wildman–Crippen MR) is 42.4 cm³/mol. The van der Waals surface area contributed by atoms with Crippen molar-refractivity contribution in [3.8, 4) is 0 Å². The van der Waals surface area contributed by atoms with Crippen molar-refractivity contribution in [3.05, 3.63) is 21.3 Å². The second kappa shape index (κ2) is 2.98. The first kappa shape index (κ1) is 7.50. The smallest absolute Gasteiger partial charge is 0.273 e. The highest BCUT2D eigenvalue weighted by atomic mass is 35.5. The third-order valence-corrected chi connectivity index (χ3v) is 2.14. The summed E-state index contributed by atoms with van der Waals surface area (Å²) in [5, 5.41) is 0.267. The minimum absolute atomic E-state index is 0.267. The Morgan fingerprint density at radius 3 is 3.00 bits per heavy atom. The fourth-order valence-corrected chi connectivity index (χ4v) is 1.39. The van der Waals surface area contributed by atoms with Gasteiger partial charge in [-0.15, -0.1) is 22.9 Å². The number of nitrogens with zero attached hydrogens (tertiary/aromatic N) is 1. The molecular weight excluding hydrogens is 172 g/mol. The molecule has 0 amide bonds. The summed E-state index contributed by atoms with van der Waals surface area (Å²) in [6.45, 7) is 0. The molecule has 0 aliphatic carbocycles. The molecule has 3 nitrogen and oxygen atoms in total. The van der Waals surface area contributed by atoms with Gasteiger partial charge in [0, 0.05) is 10.9 Å². The minimum atomic E-state index is -0.327. The number of aromatic nitrogens is 1. The Morgan fingerprint density at radius 2 is 2.50 bits per heavy atom. The summed E-state index contributed by atoms with van der Waals surface area (Å²) >= 11 is 6.69. The van der Waals surface area contributed by atoms with E-state index in [2.05, 4.69) is 4.98 Å². The summed E-state index contributed by atoms with van der Waals surface area (Å²) in [7, 11) is 0.